The summed E-state index contributed by atoms with van der Waals surface area (Å²) in [6.07, 6.45) is 0. The van der Waals surface area contributed by atoms with Crippen LogP contribution in [0.4, 0.5) is 16.2 Å². The van der Waals surface area contributed by atoms with E-state index in [1.54, 1.807) is 0 Å². The van der Waals surface area contributed by atoms with Crippen molar-refractivity contribution in [1.29, 1.82) is 0 Å². The highest BCUT2D eigenvalue weighted by Crippen LogP contribution is 2.32. The molecule has 1 N–H and O–H groups in total. The number of hydrogen-bond acceptors (Lipinski definition) is 2. The highest BCUT2D eigenvalue weighted by molar-refractivity contribution is 5.91. The van der Waals surface area contributed by atoms with Crippen LogP contribution in [0.1, 0.15) is 44.4 Å². The molecule has 3 rings (SSSR count). The van der Waals surface area contributed by atoms with Gasteiger partial charge < -0.3 is 15.1 Å². The van der Waals surface area contributed by atoms with Crippen molar-refractivity contribution in [1.82, 2.24) is 4.90 Å². The molecule has 150 valence electrons. The fraction of sp³-hybridized carbons (Fsp3) is 0.458. The Bertz CT molecular complexity index is 836. The van der Waals surface area contributed by atoms with Gasteiger partial charge in [0.2, 0.25) is 0 Å². The van der Waals surface area contributed by atoms with E-state index in [-0.39, 0.29) is 17.5 Å². The summed E-state index contributed by atoms with van der Waals surface area (Å²) in [6, 6.07) is 15.1. The number of benzene rings is 2. The molecule has 2 aromatic carbocycles. The monoisotopic (exact) mass is 379 g/mol. The second-order valence-electron chi connectivity index (χ2n) is 9.00. The maximum Gasteiger partial charge on any atom is 0.321 e. The molecule has 1 aliphatic heterocycles. The predicted octanol–water partition coefficient (Wildman–Crippen LogP) is 5.34. The van der Waals surface area contributed by atoms with E-state index in [0.29, 0.717) is 0 Å². The molecule has 0 saturated carbocycles. The molecule has 0 aliphatic carbocycles. The third-order valence-corrected chi connectivity index (χ3v) is 5.59. The minimum absolute atomic E-state index is 0.00444. The predicted molar refractivity (Wildman–Crippen MR) is 118 cm³/mol. The smallest absolute Gasteiger partial charge is 0.321 e. The van der Waals surface area contributed by atoms with Crippen LogP contribution < -0.4 is 10.2 Å². The molecular weight excluding hydrogens is 346 g/mol. The number of hydrogen-bond donors (Lipinski definition) is 1. The quantitative estimate of drug-likeness (QED) is 0.764. The number of aryl methyl sites for hydroxylation is 2. The van der Waals surface area contributed by atoms with Gasteiger partial charge in [-0.2, -0.15) is 0 Å². The van der Waals surface area contributed by atoms with E-state index in [0.717, 1.165) is 30.9 Å². The summed E-state index contributed by atoms with van der Waals surface area (Å²) in [5.41, 5.74) is 5.70. The van der Waals surface area contributed by atoms with Crippen molar-refractivity contribution in [3.63, 3.8) is 0 Å². The fourth-order valence-electron chi connectivity index (χ4n) is 3.91. The van der Waals surface area contributed by atoms with E-state index in [2.05, 4.69) is 94.2 Å². The minimum Gasteiger partial charge on any atom is -0.365 e. The van der Waals surface area contributed by atoms with Crippen LogP contribution in [-0.4, -0.2) is 36.6 Å². The maximum atomic E-state index is 13.0. The molecule has 28 heavy (non-hydrogen) atoms. The normalized spacial score (nSPS) is 17.6. The van der Waals surface area contributed by atoms with Crippen molar-refractivity contribution in [2.45, 2.75) is 53.0 Å². The van der Waals surface area contributed by atoms with E-state index in [9.17, 15) is 4.79 Å². The van der Waals surface area contributed by atoms with Crippen LogP contribution in [0.25, 0.3) is 0 Å². The van der Waals surface area contributed by atoms with Crippen LogP contribution >= 0.6 is 0 Å². The Morgan fingerprint density at radius 1 is 1.04 bits per heavy atom. The molecule has 1 heterocycles. The van der Waals surface area contributed by atoms with E-state index >= 15 is 0 Å². The van der Waals surface area contributed by atoms with Crippen molar-refractivity contribution in [3.8, 4) is 0 Å². The van der Waals surface area contributed by atoms with Gasteiger partial charge in [0.15, 0.2) is 0 Å². The summed E-state index contributed by atoms with van der Waals surface area (Å²) >= 11 is 0. The average molecular weight is 380 g/mol. The standard InChI is InChI=1S/C24H33N3O/c1-17-10-12-20(13-11-17)27-15-14-26(16-19(27)3)23(28)25-22-18(2)8-7-9-21(22)24(4,5)6/h7-13,19H,14-16H2,1-6H3,(H,25,28). The molecule has 4 heteroatoms. The summed E-state index contributed by atoms with van der Waals surface area (Å²) in [7, 11) is 0. The Morgan fingerprint density at radius 2 is 1.71 bits per heavy atom. The molecule has 0 radical (unpaired) electrons. The molecule has 0 bridgehead atoms. The van der Waals surface area contributed by atoms with Gasteiger partial charge in [0.25, 0.3) is 0 Å². The first-order chi connectivity index (χ1) is 13.2. The van der Waals surface area contributed by atoms with Crippen molar-refractivity contribution >= 4 is 17.4 Å². The number of nitrogens with one attached hydrogen (secondary N) is 1. The molecule has 1 atom stereocenters. The van der Waals surface area contributed by atoms with Crippen molar-refractivity contribution in [3.05, 3.63) is 59.2 Å². The SMILES string of the molecule is Cc1ccc(N2CCN(C(=O)Nc3c(C)cccc3C(C)(C)C)CC2C)cc1. The lowest BCUT2D eigenvalue weighted by atomic mass is 9.84. The molecule has 2 amide bonds. The lowest BCUT2D eigenvalue weighted by Gasteiger charge is -2.41. The van der Waals surface area contributed by atoms with Gasteiger partial charge in [-0.05, 0) is 49.4 Å². The first-order valence-corrected chi connectivity index (χ1v) is 10.2. The first-order valence-electron chi connectivity index (χ1n) is 10.2. The van der Waals surface area contributed by atoms with Gasteiger partial charge in [-0.15, -0.1) is 0 Å². The highest BCUT2D eigenvalue weighted by atomic mass is 16.2. The van der Waals surface area contributed by atoms with Crippen LogP contribution in [0.5, 0.6) is 0 Å². The van der Waals surface area contributed by atoms with Crippen LogP contribution in [0.15, 0.2) is 42.5 Å². The number of urea groups is 1. The van der Waals surface area contributed by atoms with Gasteiger partial charge in [-0.25, -0.2) is 4.79 Å². The molecule has 4 nitrogen and oxygen atoms in total. The van der Waals surface area contributed by atoms with Crippen LogP contribution in [0.3, 0.4) is 0 Å². The number of amides is 2. The molecule has 1 fully saturated rings. The zero-order valence-electron chi connectivity index (χ0n) is 18.0. The Kier molecular flexibility index (Phi) is 5.69. The summed E-state index contributed by atoms with van der Waals surface area (Å²) in [5, 5.41) is 3.21. The van der Waals surface area contributed by atoms with Gasteiger partial charge in [0.1, 0.15) is 0 Å². The number of rotatable bonds is 2. The van der Waals surface area contributed by atoms with Gasteiger partial charge in [-0.3, -0.25) is 0 Å². The molecule has 1 aliphatic rings. The molecule has 1 saturated heterocycles. The van der Waals surface area contributed by atoms with E-state index in [1.807, 2.05) is 4.90 Å². The number of nitrogens with zero attached hydrogens (tertiary/aromatic N) is 2. The Morgan fingerprint density at radius 3 is 2.32 bits per heavy atom. The van der Waals surface area contributed by atoms with Gasteiger partial charge in [0.05, 0.1) is 0 Å². The van der Waals surface area contributed by atoms with Gasteiger partial charge in [-0.1, -0.05) is 56.7 Å². The second kappa shape index (κ2) is 7.86. The summed E-state index contributed by atoms with van der Waals surface area (Å²) in [5.74, 6) is 0. The third kappa shape index (κ3) is 4.32. The number of carbonyl (C=O) groups is 1. The topological polar surface area (TPSA) is 35.6 Å². The number of carbonyl (C=O) groups excluding carboxylic acids is 1. The molecule has 1 unspecified atom stereocenters. The van der Waals surface area contributed by atoms with Crippen LogP contribution in [0, 0.1) is 13.8 Å². The van der Waals surface area contributed by atoms with Crippen LogP contribution in [0.2, 0.25) is 0 Å². The molecule has 0 spiro atoms. The lowest BCUT2D eigenvalue weighted by Crippen LogP contribution is -2.54. The van der Waals surface area contributed by atoms with Crippen molar-refractivity contribution < 1.29 is 4.79 Å². The van der Waals surface area contributed by atoms with Crippen molar-refractivity contribution in [2.24, 2.45) is 0 Å². The Balaban J connectivity index is 1.71. The average Bonchev–Trinajstić information content (AvgIpc) is 2.63. The zero-order valence-corrected chi connectivity index (χ0v) is 18.0. The molecule has 2 aromatic rings. The van der Waals surface area contributed by atoms with Gasteiger partial charge >= 0.3 is 6.03 Å². The van der Waals surface area contributed by atoms with E-state index in [4.69, 9.17) is 0 Å². The lowest BCUT2D eigenvalue weighted by molar-refractivity contribution is 0.200. The Labute approximate surface area is 169 Å². The van der Waals surface area contributed by atoms with E-state index < -0.39 is 0 Å². The fourth-order valence-corrected chi connectivity index (χ4v) is 3.91. The Hall–Kier alpha value is -2.49. The van der Waals surface area contributed by atoms with Crippen molar-refractivity contribution in [2.75, 3.05) is 29.9 Å². The summed E-state index contributed by atoms with van der Waals surface area (Å²) in [6.45, 7) is 15.2. The summed E-state index contributed by atoms with van der Waals surface area (Å²) in [4.78, 5) is 17.4. The molecule has 0 aromatic heterocycles. The highest BCUT2D eigenvalue weighted by Gasteiger charge is 2.28. The first kappa shape index (κ1) is 20.2. The number of anilines is 2. The minimum atomic E-state index is -0.0218. The molecular formula is C24H33N3O. The maximum absolute atomic E-state index is 13.0. The van der Waals surface area contributed by atoms with Gasteiger partial charge in [0, 0.05) is 37.1 Å². The van der Waals surface area contributed by atoms with E-state index in [1.165, 1.54) is 16.8 Å². The number of piperazine rings is 1. The zero-order chi connectivity index (χ0) is 20.5. The number of para-hydroxylation sites is 1. The second-order valence-corrected chi connectivity index (χ2v) is 9.00. The third-order valence-electron chi connectivity index (χ3n) is 5.59. The largest absolute Gasteiger partial charge is 0.365 e. The summed E-state index contributed by atoms with van der Waals surface area (Å²) < 4.78 is 0. The van der Waals surface area contributed by atoms with Crippen LogP contribution in [-0.2, 0) is 5.41 Å².